The molecule has 27 heavy (non-hydrogen) atoms. The number of anilines is 1. The summed E-state index contributed by atoms with van der Waals surface area (Å²) in [6.45, 7) is 11.7. The SMILES string of the molecule is CCN(Cc1ccccc1NS(=O)(=O)c1c(C)nn(C(C)C)c1C)C(C)=O. The maximum absolute atomic E-state index is 13.1. The van der Waals surface area contributed by atoms with E-state index in [1.54, 1.807) is 35.6 Å². The van der Waals surface area contributed by atoms with Crippen molar-refractivity contribution >= 4 is 21.6 Å². The van der Waals surface area contributed by atoms with Gasteiger partial charge in [-0.2, -0.15) is 5.10 Å². The molecule has 0 fully saturated rings. The van der Waals surface area contributed by atoms with Crippen LogP contribution in [0.5, 0.6) is 0 Å². The highest BCUT2D eigenvalue weighted by Gasteiger charge is 2.26. The number of aryl methyl sites for hydroxylation is 1. The van der Waals surface area contributed by atoms with Crippen molar-refractivity contribution in [2.45, 2.75) is 59.0 Å². The Morgan fingerprint density at radius 3 is 2.41 bits per heavy atom. The number of sulfonamides is 1. The molecule has 2 aromatic rings. The van der Waals surface area contributed by atoms with Crippen LogP contribution in [-0.2, 0) is 21.4 Å². The maximum Gasteiger partial charge on any atom is 0.265 e. The van der Waals surface area contributed by atoms with Crippen LogP contribution in [0, 0.1) is 13.8 Å². The van der Waals surface area contributed by atoms with Crippen molar-refractivity contribution in [2.24, 2.45) is 0 Å². The molecule has 7 nitrogen and oxygen atoms in total. The zero-order valence-corrected chi connectivity index (χ0v) is 17.6. The third kappa shape index (κ3) is 4.50. The monoisotopic (exact) mass is 392 g/mol. The second-order valence-corrected chi connectivity index (χ2v) is 8.45. The first-order valence-electron chi connectivity index (χ1n) is 9.00. The summed E-state index contributed by atoms with van der Waals surface area (Å²) in [5.41, 5.74) is 2.27. The van der Waals surface area contributed by atoms with Gasteiger partial charge in [0.25, 0.3) is 10.0 Å². The Kier molecular flexibility index (Phi) is 6.30. The lowest BCUT2D eigenvalue weighted by Gasteiger charge is -2.21. The molecule has 0 bridgehead atoms. The molecule has 1 aromatic carbocycles. The number of rotatable bonds is 7. The standard InChI is InChI=1S/C19H28N4O3S/c1-7-22(16(6)24)12-17-10-8-9-11-18(17)21-27(25,26)19-14(4)20-23(13(2)3)15(19)5/h8-11,13,21H,7,12H2,1-6H3. The van der Waals surface area contributed by atoms with Crippen molar-refractivity contribution < 1.29 is 13.2 Å². The summed E-state index contributed by atoms with van der Waals surface area (Å²) in [5.74, 6) is -0.0555. The molecule has 1 heterocycles. The Morgan fingerprint density at radius 1 is 1.26 bits per heavy atom. The quantitative estimate of drug-likeness (QED) is 0.784. The lowest BCUT2D eigenvalue weighted by molar-refractivity contribution is -0.129. The van der Waals surface area contributed by atoms with E-state index in [2.05, 4.69) is 9.82 Å². The van der Waals surface area contributed by atoms with Crippen molar-refractivity contribution in [3.05, 3.63) is 41.2 Å². The Morgan fingerprint density at radius 2 is 1.89 bits per heavy atom. The van der Waals surface area contributed by atoms with Crippen LogP contribution >= 0.6 is 0 Å². The molecule has 1 amide bonds. The minimum atomic E-state index is -3.81. The van der Waals surface area contributed by atoms with Crippen LogP contribution in [0.2, 0.25) is 0 Å². The van der Waals surface area contributed by atoms with Gasteiger partial charge in [0.2, 0.25) is 5.91 Å². The summed E-state index contributed by atoms with van der Waals surface area (Å²) in [5, 5.41) is 4.37. The van der Waals surface area contributed by atoms with Crippen molar-refractivity contribution in [1.29, 1.82) is 0 Å². The molecule has 0 radical (unpaired) electrons. The summed E-state index contributed by atoms with van der Waals surface area (Å²) >= 11 is 0. The number of carbonyl (C=O) groups is 1. The number of benzene rings is 1. The largest absolute Gasteiger partial charge is 0.339 e. The second kappa shape index (κ2) is 8.12. The Hall–Kier alpha value is -2.35. The van der Waals surface area contributed by atoms with Gasteiger partial charge < -0.3 is 4.90 Å². The van der Waals surface area contributed by atoms with Gasteiger partial charge in [-0.3, -0.25) is 14.2 Å². The molecule has 148 valence electrons. The molecule has 0 saturated heterocycles. The Labute approximate surface area is 161 Å². The van der Waals surface area contributed by atoms with Gasteiger partial charge in [0.05, 0.1) is 17.1 Å². The predicted molar refractivity (Wildman–Crippen MR) is 106 cm³/mol. The van der Waals surface area contributed by atoms with Crippen LogP contribution in [0.25, 0.3) is 0 Å². The Bertz CT molecular complexity index is 932. The Balaban J connectivity index is 2.41. The number of carbonyl (C=O) groups excluding carboxylic acids is 1. The molecule has 0 aliphatic carbocycles. The first-order valence-corrected chi connectivity index (χ1v) is 10.5. The van der Waals surface area contributed by atoms with Gasteiger partial charge in [0.1, 0.15) is 4.90 Å². The second-order valence-electron chi connectivity index (χ2n) is 6.83. The van der Waals surface area contributed by atoms with Crippen LogP contribution in [0.15, 0.2) is 29.2 Å². The molecule has 0 atom stereocenters. The fourth-order valence-electron chi connectivity index (χ4n) is 3.14. The van der Waals surface area contributed by atoms with E-state index in [4.69, 9.17) is 0 Å². The molecular weight excluding hydrogens is 364 g/mol. The normalized spacial score (nSPS) is 11.7. The summed E-state index contributed by atoms with van der Waals surface area (Å²) in [7, 11) is -3.81. The van der Waals surface area contributed by atoms with Gasteiger partial charge in [-0.1, -0.05) is 18.2 Å². The highest BCUT2D eigenvalue weighted by molar-refractivity contribution is 7.92. The third-order valence-corrected chi connectivity index (χ3v) is 6.08. The van der Waals surface area contributed by atoms with Gasteiger partial charge in [-0.25, -0.2) is 8.42 Å². The molecule has 0 spiro atoms. The average molecular weight is 393 g/mol. The molecular formula is C19H28N4O3S. The van der Waals surface area contributed by atoms with E-state index in [9.17, 15) is 13.2 Å². The van der Waals surface area contributed by atoms with Crippen molar-refractivity contribution in [2.75, 3.05) is 11.3 Å². The molecule has 1 N–H and O–H groups in total. The van der Waals surface area contributed by atoms with Crippen molar-refractivity contribution in [1.82, 2.24) is 14.7 Å². The highest BCUT2D eigenvalue weighted by atomic mass is 32.2. The van der Waals surface area contributed by atoms with Crippen LogP contribution in [0.4, 0.5) is 5.69 Å². The molecule has 0 aliphatic rings. The lowest BCUT2D eigenvalue weighted by Crippen LogP contribution is -2.28. The van der Waals surface area contributed by atoms with E-state index in [0.717, 1.165) is 5.56 Å². The van der Waals surface area contributed by atoms with Gasteiger partial charge in [-0.15, -0.1) is 0 Å². The molecule has 1 aromatic heterocycles. The van der Waals surface area contributed by atoms with E-state index in [1.807, 2.05) is 32.9 Å². The van der Waals surface area contributed by atoms with Gasteiger partial charge in [0, 0.05) is 26.1 Å². The van der Waals surface area contributed by atoms with Crippen LogP contribution < -0.4 is 4.72 Å². The molecule has 8 heteroatoms. The van der Waals surface area contributed by atoms with E-state index in [-0.39, 0.29) is 16.8 Å². The van der Waals surface area contributed by atoms with Gasteiger partial charge >= 0.3 is 0 Å². The lowest BCUT2D eigenvalue weighted by atomic mass is 10.1. The highest BCUT2D eigenvalue weighted by Crippen LogP contribution is 2.26. The molecule has 0 unspecified atom stereocenters. The minimum Gasteiger partial charge on any atom is -0.339 e. The number of nitrogens with one attached hydrogen (secondary N) is 1. The molecule has 0 saturated carbocycles. The fourth-order valence-corrected chi connectivity index (χ4v) is 4.65. The van der Waals surface area contributed by atoms with Crippen molar-refractivity contribution in [3.63, 3.8) is 0 Å². The molecule has 0 aliphatic heterocycles. The smallest absolute Gasteiger partial charge is 0.265 e. The molecule has 2 rings (SSSR count). The summed E-state index contributed by atoms with van der Waals surface area (Å²) < 4.78 is 30.6. The van der Waals surface area contributed by atoms with Crippen LogP contribution in [-0.4, -0.2) is 35.6 Å². The predicted octanol–water partition coefficient (Wildman–Crippen LogP) is 3.25. The van der Waals surface area contributed by atoms with E-state index in [1.165, 1.54) is 6.92 Å². The van der Waals surface area contributed by atoms with Crippen LogP contribution in [0.1, 0.15) is 50.7 Å². The summed E-state index contributed by atoms with van der Waals surface area (Å²) in [6, 6.07) is 7.18. The number of nitrogens with zero attached hydrogens (tertiary/aromatic N) is 3. The van der Waals surface area contributed by atoms with Gasteiger partial charge in [0.15, 0.2) is 0 Å². The van der Waals surface area contributed by atoms with E-state index < -0.39 is 10.0 Å². The van der Waals surface area contributed by atoms with E-state index >= 15 is 0 Å². The number of para-hydroxylation sites is 1. The maximum atomic E-state index is 13.1. The first-order chi connectivity index (χ1) is 12.6. The summed E-state index contributed by atoms with van der Waals surface area (Å²) in [6.07, 6.45) is 0. The van der Waals surface area contributed by atoms with Crippen molar-refractivity contribution in [3.8, 4) is 0 Å². The average Bonchev–Trinajstić information content (AvgIpc) is 2.88. The fraction of sp³-hybridized carbons (Fsp3) is 0.474. The first kappa shape index (κ1) is 21.0. The number of amides is 1. The number of aromatic nitrogens is 2. The number of hydrogen-bond acceptors (Lipinski definition) is 4. The topological polar surface area (TPSA) is 84.3 Å². The van der Waals surface area contributed by atoms with E-state index in [0.29, 0.717) is 30.2 Å². The summed E-state index contributed by atoms with van der Waals surface area (Å²) in [4.78, 5) is 13.6. The minimum absolute atomic E-state index is 0.0555. The third-order valence-electron chi connectivity index (χ3n) is 4.47. The van der Waals surface area contributed by atoms with Crippen LogP contribution in [0.3, 0.4) is 0 Å². The zero-order valence-electron chi connectivity index (χ0n) is 16.8. The van der Waals surface area contributed by atoms with Gasteiger partial charge in [-0.05, 0) is 46.2 Å². The number of hydrogen-bond donors (Lipinski definition) is 1. The zero-order chi connectivity index (χ0) is 20.4.